The van der Waals surface area contributed by atoms with Gasteiger partial charge in [-0.05, 0) is 18.1 Å². The predicted octanol–water partition coefficient (Wildman–Crippen LogP) is 0.399. The number of benzene rings is 1. The molecule has 1 unspecified atom stereocenters. The normalized spacial score (nSPS) is 11.7. The van der Waals surface area contributed by atoms with E-state index in [1.54, 1.807) is 12.1 Å². The van der Waals surface area contributed by atoms with Crippen LogP contribution in [0, 0.1) is 0 Å². The van der Waals surface area contributed by atoms with E-state index < -0.39 is 30.5 Å². The van der Waals surface area contributed by atoms with Gasteiger partial charge in [0.15, 0.2) is 0 Å². The van der Waals surface area contributed by atoms with Crippen LogP contribution in [0.2, 0.25) is 0 Å². The van der Waals surface area contributed by atoms with E-state index >= 15 is 0 Å². The molecule has 1 amide bonds. The molecule has 0 spiro atoms. The second kappa shape index (κ2) is 7.25. The maximum atomic E-state index is 11.8. The van der Waals surface area contributed by atoms with Gasteiger partial charge >= 0.3 is 11.9 Å². The minimum Gasteiger partial charge on any atom is -0.481 e. The molecule has 0 aromatic heterocycles. The number of aliphatic hydroxyl groups is 1. The highest BCUT2D eigenvalue weighted by Gasteiger charge is 2.18. The molecule has 1 aromatic rings. The van der Waals surface area contributed by atoms with Crippen molar-refractivity contribution in [2.75, 3.05) is 6.54 Å². The van der Waals surface area contributed by atoms with Crippen molar-refractivity contribution >= 4 is 17.8 Å². The first-order chi connectivity index (χ1) is 9.41. The molecule has 20 heavy (non-hydrogen) atoms. The summed E-state index contributed by atoms with van der Waals surface area (Å²) in [5.74, 6) is -2.85. The zero-order valence-corrected chi connectivity index (χ0v) is 10.6. The van der Waals surface area contributed by atoms with Gasteiger partial charge in [-0.15, -0.1) is 0 Å². The summed E-state index contributed by atoms with van der Waals surface area (Å²) in [6.45, 7) is -0.529. The molecule has 0 bridgehead atoms. The molecular weight excluding hydrogens is 266 g/mol. The van der Waals surface area contributed by atoms with E-state index in [4.69, 9.17) is 10.2 Å². The summed E-state index contributed by atoms with van der Waals surface area (Å²) < 4.78 is 0. The number of aliphatic hydroxyl groups excluding tert-OH is 1. The summed E-state index contributed by atoms with van der Waals surface area (Å²) in [5.41, 5.74) is 0.406. The largest absolute Gasteiger partial charge is 0.481 e. The van der Waals surface area contributed by atoms with Gasteiger partial charge in [0.25, 0.3) is 5.91 Å². The zero-order valence-electron chi connectivity index (χ0n) is 10.6. The van der Waals surface area contributed by atoms with Crippen molar-refractivity contribution in [3.8, 4) is 0 Å². The molecule has 7 nitrogen and oxygen atoms in total. The van der Waals surface area contributed by atoms with Gasteiger partial charge in [0.2, 0.25) is 0 Å². The topological polar surface area (TPSA) is 124 Å². The van der Waals surface area contributed by atoms with Crippen LogP contribution >= 0.6 is 0 Å². The van der Waals surface area contributed by atoms with Crippen molar-refractivity contribution in [2.24, 2.45) is 0 Å². The molecule has 108 valence electrons. The van der Waals surface area contributed by atoms with E-state index in [1.165, 1.54) is 12.1 Å². The van der Waals surface area contributed by atoms with Crippen molar-refractivity contribution in [3.05, 3.63) is 35.4 Å². The molecule has 0 fully saturated rings. The van der Waals surface area contributed by atoms with E-state index in [2.05, 4.69) is 5.32 Å². The van der Waals surface area contributed by atoms with Crippen LogP contribution in [0.15, 0.2) is 24.3 Å². The number of hydrogen-bond acceptors (Lipinski definition) is 4. The van der Waals surface area contributed by atoms with Crippen LogP contribution in [0.4, 0.5) is 0 Å². The third-order valence-corrected chi connectivity index (χ3v) is 2.60. The summed E-state index contributed by atoms with van der Waals surface area (Å²) >= 11 is 0. The van der Waals surface area contributed by atoms with Crippen LogP contribution in [0.1, 0.15) is 34.9 Å². The monoisotopic (exact) mass is 281 g/mol. The number of carboxylic acids is 2. The molecule has 1 rings (SSSR count). The Morgan fingerprint density at radius 1 is 1.10 bits per heavy atom. The molecule has 0 saturated heterocycles. The van der Waals surface area contributed by atoms with Crippen molar-refractivity contribution < 1.29 is 29.7 Å². The maximum absolute atomic E-state index is 11.8. The SMILES string of the molecule is O=C(O)CCC(O)c1ccccc1C(=O)NCC(=O)O. The summed E-state index contributed by atoms with van der Waals surface area (Å²) in [6, 6.07) is 6.12. The number of aliphatic carboxylic acids is 2. The highest BCUT2D eigenvalue weighted by atomic mass is 16.4. The average molecular weight is 281 g/mol. The number of hydrogen-bond donors (Lipinski definition) is 4. The molecule has 4 N–H and O–H groups in total. The van der Waals surface area contributed by atoms with Crippen LogP contribution in [0.5, 0.6) is 0 Å². The Labute approximate surface area is 114 Å². The molecule has 0 radical (unpaired) electrons. The summed E-state index contributed by atoms with van der Waals surface area (Å²) in [7, 11) is 0. The highest BCUT2D eigenvalue weighted by molar-refractivity contribution is 5.97. The van der Waals surface area contributed by atoms with E-state index in [0.29, 0.717) is 0 Å². The first-order valence-corrected chi connectivity index (χ1v) is 5.90. The Balaban J connectivity index is 2.84. The van der Waals surface area contributed by atoms with Crippen LogP contribution < -0.4 is 5.32 Å². The Bertz CT molecular complexity index is 513. The Morgan fingerprint density at radius 2 is 1.75 bits per heavy atom. The van der Waals surface area contributed by atoms with E-state index in [0.717, 1.165) is 0 Å². The minimum absolute atomic E-state index is 0.0292. The molecule has 0 aliphatic carbocycles. The standard InChI is InChI=1S/C13H15NO6/c15-10(5-6-11(16)17)8-3-1-2-4-9(8)13(20)14-7-12(18)19/h1-4,10,15H,5-7H2,(H,14,20)(H,16,17)(H,18,19). The van der Waals surface area contributed by atoms with E-state index in [9.17, 15) is 19.5 Å². The lowest BCUT2D eigenvalue weighted by molar-refractivity contribution is -0.138. The fraction of sp³-hybridized carbons (Fsp3) is 0.308. The molecule has 0 aliphatic heterocycles. The van der Waals surface area contributed by atoms with Gasteiger partial charge in [-0.2, -0.15) is 0 Å². The number of carboxylic acid groups (broad SMARTS) is 2. The van der Waals surface area contributed by atoms with Gasteiger partial charge in [0.1, 0.15) is 6.54 Å². The predicted molar refractivity (Wildman–Crippen MR) is 68.2 cm³/mol. The number of carbonyl (C=O) groups excluding carboxylic acids is 1. The first-order valence-electron chi connectivity index (χ1n) is 5.90. The third-order valence-electron chi connectivity index (χ3n) is 2.60. The fourth-order valence-corrected chi connectivity index (χ4v) is 1.66. The quantitative estimate of drug-likeness (QED) is 0.573. The van der Waals surface area contributed by atoms with Gasteiger partial charge in [0.05, 0.1) is 6.10 Å². The number of rotatable bonds is 7. The summed E-state index contributed by atoms with van der Waals surface area (Å²) in [6.07, 6.45) is -1.36. The molecule has 0 heterocycles. The van der Waals surface area contributed by atoms with E-state index in [-0.39, 0.29) is 24.0 Å². The van der Waals surface area contributed by atoms with Crippen LogP contribution in [0.3, 0.4) is 0 Å². The van der Waals surface area contributed by atoms with Crippen molar-refractivity contribution in [1.29, 1.82) is 0 Å². The van der Waals surface area contributed by atoms with Crippen molar-refractivity contribution in [2.45, 2.75) is 18.9 Å². The fourth-order valence-electron chi connectivity index (χ4n) is 1.66. The van der Waals surface area contributed by atoms with Gasteiger partial charge in [-0.25, -0.2) is 0 Å². The molecule has 0 aliphatic rings. The number of carbonyl (C=O) groups is 3. The van der Waals surface area contributed by atoms with E-state index in [1.807, 2.05) is 0 Å². The molecular formula is C13H15NO6. The van der Waals surface area contributed by atoms with Crippen LogP contribution in [-0.4, -0.2) is 39.7 Å². The second-order valence-corrected chi connectivity index (χ2v) is 4.11. The minimum atomic E-state index is -1.18. The number of amides is 1. The molecule has 1 atom stereocenters. The van der Waals surface area contributed by atoms with Crippen molar-refractivity contribution in [3.63, 3.8) is 0 Å². The second-order valence-electron chi connectivity index (χ2n) is 4.11. The lowest BCUT2D eigenvalue weighted by Crippen LogP contribution is -2.30. The van der Waals surface area contributed by atoms with Gasteiger partial charge in [0, 0.05) is 12.0 Å². The van der Waals surface area contributed by atoms with Gasteiger partial charge < -0.3 is 20.6 Å². The highest BCUT2D eigenvalue weighted by Crippen LogP contribution is 2.22. The first kappa shape index (κ1) is 15.6. The maximum Gasteiger partial charge on any atom is 0.322 e. The lowest BCUT2D eigenvalue weighted by atomic mass is 9.98. The molecule has 0 saturated carbocycles. The lowest BCUT2D eigenvalue weighted by Gasteiger charge is -2.14. The average Bonchev–Trinajstić information content (AvgIpc) is 2.42. The van der Waals surface area contributed by atoms with Gasteiger partial charge in [-0.1, -0.05) is 18.2 Å². The van der Waals surface area contributed by atoms with Crippen molar-refractivity contribution in [1.82, 2.24) is 5.32 Å². The molecule has 7 heteroatoms. The smallest absolute Gasteiger partial charge is 0.322 e. The Kier molecular flexibility index (Phi) is 5.67. The Hall–Kier alpha value is -2.41. The number of nitrogens with one attached hydrogen (secondary N) is 1. The van der Waals surface area contributed by atoms with Crippen LogP contribution in [0.25, 0.3) is 0 Å². The zero-order chi connectivity index (χ0) is 15.1. The Morgan fingerprint density at radius 3 is 2.35 bits per heavy atom. The summed E-state index contributed by atoms with van der Waals surface area (Å²) in [5, 5.41) is 29.2. The van der Waals surface area contributed by atoms with Gasteiger partial charge in [-0.3, -0.25) is 14.4 Å². The summed E-state index contributed by atoms with van der Waals surface area (Å²) in [4.78, 5) is 32.7. The third kappa shape index (κ3) is 4.69. The van der Waals surface area contributed by atoms with Crippen LogP contribution in [-0.2, 0) is 9.59 Å². The molecule has 1 aromatic carbocycles.